The number of hydrogen-bond acceptors (Lipinski definition) is 6. The fourth-order valence-corrected chi connectivity index (χ4v) is 4.01. The molecule has 1 aliphatic heterocycles. The zero-order valence-electron chi connectivity index (χ0n) is 14.9. The maximum absolute atomic E-state index is 13.7. The van der Waals surface area contributed by atoms with E-state index in [2.05, 4.69) is 24.9 Å². The van der Waals surface area contributed by atoms with Crippen LogP contribution in [0.3, 0.4) is 0 Å². The highest BCUT2D eigenvalue weighted by molar-refractivity contribution is 7.89. The van der Waals surface area contributed by atoms with E-state index in [0.29, 0.717) is 17.7 Å². The summed E-state index contributed by atoms with van der Waals surface area (Å²) < 4.78 is 53.3. The van der Waals surface area contributed by atoms with Crippen molar-refractivity contribution in [2.24, 2.45) is 0 Å². The Hall–Kier alpha value is -2.33. The van der Waals surface area contributed by atoms with E-state index in [0.717, 1.165) is 43.9 Å². The summed E-state index contributed by atoms with van der Waals surface area (Å²) in [6.07, 6.45) is 2.26. The molecule has 0 amide bonds. The van der Waals surface area contributed by atoms with E-state index in [4.69, 9.17) is 0 Å². The Balaban J connectivity index is 1.59. The van der Waals surface area contributed by atoms with Crippen LogP contribution < -0.4 is 14.9 Å². The van der Waals surface area contributed by atoms with E-state index < -0.39 is 26.6 Å². The molecule has 146 valence electrons. The summed E-state index contributed by atoms with van der Waals surface area (Å²) >= 11 is 0. The lowest BCUT2D eigenvalue weighted by Gasteiger charge is -2.17. The number of nitrogens with one attached hydrogen (secondary N) is 2. The molecule has 0 aliphatic carbocycles. The molecule has 1 fully saturated rings. The van der Waals surface area contributed by atoms with Crippen molar-refractivity contribution in [1.82, 2.24) is 14.7 Å². The van der Waals surface area contributed by atoms with E-state index in [-0.39, 0.29) is 13.1 Å². The van der Waals surface area contributed by atoms with Gasteiger partial charge in [0.25, 0.3) is 0 Å². The zero-order chi connectivity index (χ0) is 19.4. The fraction of sp³-hybridized carbons (Fsp3) is 0.412. The molecule has 0 saturated carbocycles. The molecule has 0 bridgehead atoms. The Labute approximate surface area is 156 Å². The van der Waals surface area contributed by atoms with Gasteiger partial charge in [-0.2, -0.15) is 0 Å². The van der Waals surface area contributed by atoms with Crippen LogP contribution in [0.25, 0.3) is 0 Å². The smallest absolute Gasteiger partial charge is 0.243 e. The molecule has 27 heavy (non-hydrogen) atoms. The molecule has 0 spiro atoms. The van der Waals surface area contributed by atoms with Gasteiger partial charge in [0.2, 0.25) is 10.0 Å². The van der Waals surface area contributed by atoms with E-state index >= 15 is 0 Å². The Kier molecular flexibility index (Phi) is 5.85. The van der Waals surface area contributed by atoms with Crippen molar-refractivity contribution in [1.29, 1.82) is 0 Å². The van der Waals surface area contributed by atoms with Crippen LogP contribution in [-0.4, -0.2) is 44.6 Å². The van der Waals surface area contributed by atoms with Crippen molar-refractivity contribution < 1.29 is 17.2 Å². The third-order valence-corrected chi connectivity index (χ3v) is 5.64. The summed E-state index contributed by atoms with van der Waals surface area (Å²) in [6, 6.07) is 4.12. The Bertz CT molecular complexity index is 918. The minimum absolute atomic E-state index is 0.0135. The Morgan fingerprint density at radius 1 is 1.11 bits per heavy atom. The van der Waals surface area contributed by atoms with Gasteiger partial charge in [0.1, 0.15) is 34.0 Å². The number of sulfonamides is 1. The van der Waals surface area contributed by atoms with Gasteiger partial charge in [-0.25, -0.2) is 31.9 Å². The topological polar surface area (TPSA) is 87.2 Å². The highest BCUT2D eigenvalue weighted by Crippen LogP contribution is 2.20. The van der Waals surface area contributed by atoms with Crippen molar-refractivity contribution in [3.63, 3.8) is 0 Å². The summed E-state index contributed by atoms with van der Waals surface area (Å²) in [6.45, 7) is 3.91. The summed E-state index contributed by atoms with van der Waals surface area (Å²) in [7, 11) is -4.14. The van der Waals surface area contributed by atoms with Crippen LogP contribution in [0.4, 0.5) is 20.4 Å². The van der Waals surface area contributed by atoms with E-state index in [9.17, 15) is 17.2 Å². The average molecular weight is 397 g/mol. The summed E-state index contributed by atoms with van der Waals surface area (Å²) in [5, 5.41) is 3.03. The molecule has 0 radical (unpaired) electrons. The molecular formula is C17H21F2N5O2S. The molecule has 10 heteroatoms. The van der Waals surface area contributed by atoms with E-state index in [1.165, 1.54) is 0 Å². The number of anilines is 2. The van der Waals surface area contributed by atoms with Crippen molar-refractivity contribution in [2.75, 3.05) is 36.4 Å². The molecule has 0 atom stereocenters. The van der Waals surface area contributed by atoms with E-state index in [1.807, 2.05) is 6.07 Å². The highest BCUT2D eigenvalue weighted by atomic mass is 32.2. The SMILES string of the molecule is Cc1nc(NCCNS(=O)(=O)c2cc(F)ccc2F)cc(N2CCCC2)n1. The first-order valence-electron chi connectivity index (χ1n) is 8.64. The second-order valence-electron chi connectivity index (χ2n) is 6.25. The van der Waals surface area contributed by atoms with Gasteiger partial charge in [0, 0.05) is 32.2 Å². The molecule has 2 N–H and O–H groups in total. The number of halogens is 2. The number of rotatable bonds is 7. The van der Waals surface area contributed by atoms with Crippen LogP contribution in [0.15, 0.2) is 29.2 Å². The summed E-state index contributed by atoms with van der Waals surface area (Å²) in [5.41, 5.74) is 0. The van der Waals surface area contributed by atoms with Gasteiger partial charge in [0.05, 0.1) is 0 Å². The Morgan fingerprint density at radius 3 is 2.59 bits per heavy atom. The lowest BCUT2D eigenvalue weighted by atomic mass is 10.3. The third-order valence-electron chi connectivity index (χ3n) is 4.16. The van der Waals surface area contributed by atoms with Crippen LogP contribution in [0.2, 0.25) is 0 Å². The molecule has 1 aromatic heterocycles. The first kappa shape index (κ1) is 19.4. The molecule has 1 saturated heterocycles. The summed E-state index contributed by atoms with van der Waals surface area (Å²) in [5.74, 6) is 0.217. The van der Waals surface area contributed by atoms with Gasteiger partial charge >= 0.3 is 0 Å². The van der Waals surface area contributed by atoms with Gasteiger partial charge in [-0.05, 0) is 38.0 Å². The predicted octanol–water partition coefficient (Wildman–Crippen LogP) is 2.05. The standard InChI is InChI=1S/C17H21F2N5O2S/c1-12-22-16(11-17(23-12)24-8-2-3-9-24)20-6-7-21-27(25,26)15-10-13(18)4-5-14(15)19/h4-5,10-11,21H,2-3,6-9H2,1H3,(H,20,22,23). The fourth-order valence-electron chi connectivity index (χ4n) is 2.89. The van der Waals surface area contributed by atoms with Crippen LogP contribution >= 0.6 is 0 Å². The summed E-state index contributed by atoms with van der Waals surface area (Å²) in [4.78, 5) is 10.2. The lowest BCUT2D eigenvalue weighted by molar-refractivity contribution is 0.546. The third kappa shape index (κ3) is 4.89. The predicted molar refractivity (Wildman–Crippen MR) is 98.3 cm³/mol. The quantitative estimate of drug-likeness (QED) is 0.696. The normalized spacial score (nSPS) is 14.6. The molecule has 0 unspecified atom stereocenters. The number of hydrogen-bond donors (Lipinski definition) is 2. The van der Waals surface area contributed by atoms with Gasteiger partial charge in [-0.3, -0.25) is 0 Å². The molecule has 7 nitrogen and oxygen atoms in total. The largest absolute Gasteiger partial charge is 0.369 e. The van der Waals surface area contributed by atoms with Crippen molar-refractivity contribution >= 4 is 21.7 Å². The van der Waals surface area contributed by atoms with Crippen LogP contribution in [0, 0.1) is 18.6 Å². The molecule has 2 heterocycles. The first-order chi connectivity index (χ1) is 12.8. The number of nitrogens with zero attached hydrogens (tertiary/aromatic N) is 3. The number of aryl methyl sites for hydroxylation is 1. The zero-order valence-corrected chi connectivity index (χ0v) is 15.7. The van der Waals surface area contributed by atoms with Gasteiger partial charge in [0.15, 0.2) is 0 Å². The van der Waals surface area contributed by atoms with Crippen LogP contribution in [0.5, 0.6) is 0 Å². The average Bonchev–Trinajstić information content (AvgIpc) is 3.15. The molecule has 1 aliphatic rings. The first-order valence-corrected chi connectivity index (χ1v) is 10.1. The van der Waals surface area contributed by atoms with Crippen molar-refractivity contribution in [3.8, 4) is 0 Å². The highest BCUT2D eigenvalue weighted by Gasteiger charge is 2.19. The molecule has 2 aromatic rings. The van der Waals surface area contributed by atoms with Gasteiger partial charge < -0.3 is 10.2 Å². The Morgan fingerprint density at radius 2 is 1.85 bits per heavy atom. The van der Waals surface area contributed by atoms with Gasteiger partial charge in [-0.1, -0.05) is 0 Å². The van der Waals surface area contributed by atoms with E-state index in [1.54, 1.807) is 6.92 Å². The minimum Gasteiger partial charge on any atom is -0.369 e. The van der Waals surface area contributed by atoms with Crippen molar-refractivity contribution in [2.45, 2.75) is 24.7 Å². The van der Waals surface area contributed by atoms with Crippen molar-refractivity contribution in [3.05, 3.63) is 41.7 Å². The second kappa shape index (κ2) is 8.13. The van der Waals surface area contributed by atoms with Crippen LogP contribution in [0.1, 0.15) is 18.7 Å². The molecule has 3 rings (SSSR count). The monoisotopic (exact) mass is 397 g/mol. The number of benzene rings is 1. The minimum atomic E-state index is -4.14. The molecular weight excluding hydrogens is 376 g/mol. The number of aromatic nitrogens is 2. The maximum Gasteiger partial charge on any atom is 0.243 e. The molecule has 1 aromatic carbocycles. The van der Waals surface area contributed by atoms with Crippen LogP contribution in [-0.2, 0) is 10.0 Å². The second-order valence-corrected chi connectivity index (χ2v) is 7.99. The van der Waals surface area contributed by atoms with Gasteiger partial charge in [-0.15, -0.1) is 0 Å². The lowest BCUT2D eigenvalue weighted by Crippen LogP contribution is -2.30. The maximum atomic E-state index is 13.7.